The lowest BCUT2D eigenvalue weighted by atomic mass is 10.0. The standard InChI is InChI=1S/C11H6N6O/c1-5-3-2-4-6-7(5)8-9(10(6)18)14-17-11(12-8)13-15-16-17/h2-4H,1H3. The molecule has 1 aromatic carbocycles. The van der Waals surface area contributed by atoms with E-state index < -0.39 is 0 Å². The molecule has 4 rings (SSSR count). The first kappa shape index (κ1) is 9.34. The van der Waals surface area contributed by atoms with Crippen LogP contribution in [0.2, 0.25) is 0 Å². The van der Waals surface area contributed by atoms with E-state index in [0.29, 0.717) is 17.0 Å². The fraction of sp³-hybridized carbons (Fsp3) is 0.0909. The zero-order chi connectivity index (χ0) is 12.3. The van der Waals surface area contributed by atoms with Crippen LogP contribution in [0.4, 0.5) is 0 Å². The number of carbonyl (C=O) groups excluding carboxylic acids is 1. The van der Waals surface area contributed by atoms with E-state index in [1.807, 2.05) is 19.1 Å². The lowest BCUT2D eigenvalue weighted by molar-refractivity contribution is 0.103. The van der Waals surface area contributed by atoms with Crippen molar-refractivity contribution in [2.24, 2.45) is 0 Å². The molecule has 0 radical (unpaired) electrons. The first-order chi connectivity index (χ1) is 8.75. The number of ketones is 1. The number of hydrogen-bond acceptors (Lipinski definition) is 6. The fourth-order valence-electron chi connectivity index (χ4n) is 2.23. The largest absolute Gasteiger partial charge is 0.291 e. The predicted octanol–water partition coefficient (Wildman–Crippen LogP) is 0.434. The first-order valence-corrected chi connectivity index (χ1v) is 5.37. The van der Waals surface area contributed by atoms with Gasteiger partial charge in [0, 0.05) is 11.1 Å². The second-order valence-electron chi connectivity index (χ2n) is 4.10. The second kappa shape index (κ2) is 2.95. The van der Waals surface area contributed by atoms with Gasteiger partial charge in [0.15, 0.2) is 5.69 Å². The number of hydrogen-bond donors (Lipinski definition) is 0. The maximum absolute atomic E-state index is 12.2. The molecule has 0 fully saturated rings. The summed E-state index contributed by atoms with van der Waals surface area (Å²) in [7, 11) is 0. The van der Waals surface area contributed by atoms with E-state index in [4.69, 9.17) is 0 Å². The van der Waals surface area contributed by atoms with Gasteiger partial charge in [-0.15, -0.1) is 5.10 Å². The molecule has 0 aliphatic heterocycles. The minimum Gasteiger partial charge on any atom is -0.287 e. The molecule has 86 valence electrons. The minimum atomic E-state index is -0.131. The summed E-state index contributed by atoms with van der Waals surface area (Å²) in [6.45, 7) is 1.94. The van der Waals surface area contributed by atoms with Crippen LogP contribution in [-0.4, -0.2) is 36.0 Å². The van der Waals surface area contributed by atoms with Gasteiger partial charge in [-0.2, -0.15) is 0 Å². The van der Waals surface area contributed by atoms with Crippen molar-refractivity contribution < 1.29 is 4.79 Å². The van der Waals surface area contributed by atoms with Crippen molar-refractivity contribution in [3.63, 3.8) is 0 Å². The first-order valence-electron chi connectivity index (χ1n) is 5.37. The van der Waals surface area contributed by atoms with Crippen LogP contribution in [0.5, 0.6) is 0 Å². The smallest absolute Gasteiger partial charge is 0.287 e. The number of benzene rings is 1. The number of nitrogens with zero attached hydrogens (tertiary/aromatic N) is 6. The zero-order valence-electron chi connectivity index (χ0n) is 9.32. The molecule has 0 N–H and O–H groups in total. The van der Waals surface area contributed by atoms with Crippen LogP contribution in [0, 0.1) is 6.92 Å². The normalized spacial score (nSPS) is 12.8. The Morgan fingerprint density at radius 3 is 3.00 bits per heavy atom. The van der Waals surface area contributed by atoms with Gasteiger partial charge in [-0.3, -0.25) is 4.79 Å². The lowest BCUT2D eigenvalue weighted by Crippen LogP contribution is -2.06. The molecule has 2 aromatic heterocycles. The highest BCUT2D eigenvalue weighted by molar-refractivity contribution is 6.20. The van der Waals surface area contributed by atoms with Gasteiger partial charge in [0.25, 0.3) is 5.78 Å². The quantitative estimate of drug-likeness (QED) is 0.441. The molecular formula is C11H6N6O. The van der Waals surface area contributed by atoms with Gasteiger partial charge < -0.3 is 0 Å². The third-order valence-corrected chi connectivity index (χ3v) is 3.04. The van der Waals surface area contributed by atoms with Crippen molar-refractivity contribution in [1.29, 1.82) is 0 Å². The summed E-state index contributed by atoms with van der Waals surface area (Å²) < 4.78 is 1.16. The van der Waals surface area contributed by atoms with Crippen LogP contribution in [0.3, 0.4) is 0 Å². The van der Waals surface area contributed by atoms with Gasteiger partial charge in [-0.05, 0) is 22.9 Å². The molecule has 0 saturated carbocycles. The molecule has 7 heteroatoms. The highest BCUT2D eigenvalue weighted by atomic mass is 16.1. The summed E-state index contributed by atoms with van der Waals surface area (Å²) in [5, 5.41) is 15.0. The molecule has 0 amide bonds. The summed E-state index contributed by atoms with van der Waals surface area (Å²) >= 11 is 0. The van der Waals surface area contributed by atoms with Crippen molar-refractivity contribution in [2.45, 2.75) is 6.92 Å². The van der Waals surface area contributed by atoms with Gasteiger partial charge in [0.05, 0.1) is 0 Å². The summed E-state index contributed by atoms with van der Waals surface area (Å²) in [6.07, 6.45) is 0. The molecule has 7 nitrogen and oxygen atoms in total. The van der Waals surface area contributed by atoms with Crippen LogP contribution in [0.25, 0.3) is 17.0 Å². The molecule has 0 atom stereocenters. The Bertz CT molecular complexity index is 822. The maximum atomic E-state index is 12.2. The maximum Gasteiger partial charge on any atom is 0.291 e. The Morgan fingerprint density at radius 2 is 2.11 bits per heavy atom. The van der Waals surface area contributed by atoms with Crippen LogP contribution in [0.15, 0.2) is 18.2 Å². The van der Waals surface area contributed by atoms with E-state index in [1.165, 1.54) is 0 Å². The third kappa shape index (κ3) is 0.981. The van der Waals surface area contributed by atoms with Crippen molar-refractivity contribution in [2.75, 3.05) is 0 Å². The van der Waals surface area contributed by atoms with E-state index in [0.717, 1.165) is 15.8 Å². The summed E-state index contributed by atoms with van der Waals surface area (Å²) in [4.78, 5) is 16.5. The van der Waals surface area contributed by atoms with Crippen LogP contribution in [0.1, 0.15) is 21.6 Å². The SMILES string of the molecule is Cc1cccc2c1-c1nc3nnnn3nc1C2=O. The molecule has 2 heterocycles. The Balaban J connectivity index is 2.17. The minimum absolute atomic E-state index is 0.131. The molecule has 0 spiro atoms. The Labute approximate surface area is 100 Å². The summed E-state index contributed by atoms with van der Waals surface area (Å²) in [5.41, 5.74) is 3.32. The van der Waals surface area contributed by atoms with Crippen LogP contribution >= 0.6 is 0 Å². The Morgan fingerprint density at radius 1 is 1.22 bits per heavy atom. The van der Waals surface area contributed by atoms with E-state index >= 15 is 0 Å². The Kier molecular flexibility index (Phi) is 1.53. The molecule has 1 aliphatic rings. The van der Waals surface area contributed by atoms with E-state index in [9.17, 15) is 4.79 Å². The van der Waals surface area contributed by atoms with E-state index in [2.05, 4.69) is 25.6 Å². The molecule has 18 heavy (non-hydrogen) atoms. The molecule has 0 bridgehead atoms. The number of aryl methyl sites for hydroxylation is 1. The van der Waals surface area contributed by atoms with Gasteiger partial charge in [-0.25, -0.2) is 4.98 Å². The Hall–Kier alpha value is -2.70. The number of rotatable bonds is 0. The average molecular weight is 238 g/mol. The van der Waals surface area contributed by atoms with Crippen molar-refractivity contribution in [3.05, 3.63) is 35.0 Å². The van der Waals surface area contributed by atoms with Gasteiger partial charge >= 0.3 is 0 Å². The predicted molar refractivity (Wildman–Crippen MR) is 60.0 cm³/mol. The summed E-state index contributed by atoms with van der Waals surface area (Å²) in [5.74, 6) is 0.159. The van der Waals surface area contributed by atoms with Gasteiger partial charge in [-0.1, -0.05) is 27.9 Å². The molecule has 1 aliphatic carbocycles. The van der Waals surface area contributed by atoms with Gasteiger partial charge in [0.1, 0.15) is 5.69 Å². The fourth-order valence-corrected chi connectivity index (χ4v) is 2.23. The van der Waals surface area contributed by atoms with E-state index in [1.54, 1.807) is 6.07 Å². The van der Waals surface area contributed by atoms with Crippen LogP contribution < -0.4 is 0 Å². The van der Waals surface area contributed by atoms with Gasteiger partial charge in [0.2, 0.25) is 5.78 Å². The molecule has 3 aromatic rings. The third-order valence-electron chi connectivity index (χ3n) is 3.04. The van der Waals surface area contributed by atoms with Crippen molar-refractivity contribution in [3.8, 4) is 11.3 Å². The number of fused-ring (bicyclic) bond motifs is 4. The highest BCUT2D eigenvalue weighted by Gasteiger charge is 2.32. The number of carbonyl (C=O) groups is 1. The zero-order valence-corrected chi connectivity index (χ0v) is 9.32. The molecule has 0 saturated heterocycles. The van der Waals surface area contributed by atoms with Crippen molar-refractivity contribution >= 4 is 11.6 Å². The lowest BCUT2D eigenvalue weighted by Gasteiger charge is -2.01. The summed E-state index contributed by atoms with van der Waals surface area (Å²) in [6, 6.07) is 5.57. The molecule has 0 unspecified atom stereocenters. The monoisotopic (exact) mass is 238 g/mol. The molecular weight excluding hydrogens is 232 g/mol. The highest BCUT2D eigenvalue weighted by Crippen LogP contribution is 2.35. The van der Waals surface area contributed by atoms with Crippen molar-refractivity contribution in [1.82, 2.24) is 30.2 Å². The number of tetrazole rings is 1. The van der Waals surface area contributed by atoms with Crippen LogP contribution in [-0.2, 0) is 0 Å². The topological polar surface area (TPSA) is 85.9 Å². The van der Waals surface area contributed by atoms with E-state index in [-0.39, 0.29) is 11.6 Å². The number of aromatic nitrogens is 6. The average Bonchev–Trinajstić information content (AvgIpc) is 2.92. The second-order valence-corrected chi connectivity index (χ2v) is 4.10.